The van der Waals surface area contributed by atoms with Crippen molar-refractivity contribution in [1.29, 1.82) is 0 Å². The number of anilines is 1. The number of amides is 1. The summed E-state index contributed by atoms with van der Waals surface area (Å²) < 4.78 is 15.6. The fourth-order valence-corrected chi connectivity index (χ4v) is 3.22. The first kappa shape index (κ1) is 17.2. The fourth-order valence-electron chi connectivity index (χ4n) is 2.30. The molecule has 3 aromatic rings. The first-order chi connectivity index (χ1) is 12.1. The number of halogens is 1. The van der Waals surface area contributed by atoms with Crippen LogP contribution in [0, 0.1) is 12.7 Å². The molecule has 2 aromatic carbocycles. The summed E-state index contributed by atoms with van der Waals surface area (Å²) in [5.41, 5.74) is 1.09. The summed E-state index contributed by atoms with van der Waals surface area (Å²) in [7, 11) is 0. The number of aryl methyl sites for hydroxylation is 1. The van der Waals surface area contributed by atoms with Crippen LogP contribution < -0.4 is 5.32 Å². The Labute approximate surface area is 149 Å². The molecular formula is C18H17FN4OS. The van der Waals surface area contributed by atoms with Crippen molar-refractivity contribution in [3.63, 3.8) is 0 Å². The van der Waals surface area contributed by atoms with Crippen molar-refractivity contribution in [1.82, 2.24) is 14.8 Å². The lowest BCUT2D eigenvalue weighted by molar-refractivity contribution is -0.115. The number of nitrogens with one attached hydrogen (secondary N) is 1. The Hall–Kier alpha value is -2.67. The lowest BCUT2D eigenvalue weighted by Crippen LogP contribution is -2.23. The average Bonchev–Trinajstić information content (AvgIpc) is 2.98. The van der Waals surface area contributed by atoms with Gasteiger partial charge in [-0.15, -0.1) is 10.2 Å². The van der Waals surface area contributed by atoms with E-state index in [1.165, 1.54) is 23.9 Å². The molecule has 1 unspecified atom stereocenters. The van der Waals surface area contributed by atoms with E-state index in [1.54, 1.807) is 19.1 Å². The molecule has 7 heteroatoms. The third-order valence-electron chi connectivity index (χ3n) is 3.59. The molecule has 0 saturated carbocycles. The maximum absolute atomic E-state index is 13.7. The van der Waals surface area contributed by atoms with Crippen LogP contribution in [0.3, 0.4) is 0 Å². The summed E-state index contributed by atoms with van der Waals surface area (Å²) in [5.74, 6) is -0.0258. The van der Waals surface area contributed by atoms with Crippen LogP contribution >= 0.6 is 11.8 Å². The van der Waals surface area contributed by atoms with E-state index in [9.17, 15) is 9.18 Å². The van der Waals surface area contributed by atoms with Gasteiger partial charge < -0.3 is 5.32 Å². The van der Waals surface area contributed by atoms with Crippen LogP contribution in [0.1, 0.15) is 12.7 Å². The molecule has 0 spiro atoms. The van der Waals surface area contributed by atoms with Crippen LogP contribution in [0.5, 0.6) is 0 Å². The van der Waals surface area contributed by atoms with E-state index in [4.69, 9.17) is 0 Å². The van der Waals surface area contributed by atoms with Crippen molar-refractivity contribution >= 4 is 23.4 Å². The van der Waals surface area contributed by atoms with Crippen molar-refractivity contribution in [2.75, 3.05) is 5.32 Å². The molecule has 0 aliphatic carbocycles. The van der Waals surface area contributed by atoms with Crippen molar-refractivity contribution < 1.29 is 9.18 Å². The van der Waals surface area contributed by atoms with Crippen LogP contribution in [-0.2, 0) is 4.79 Å². The highest BCUT2D eigenvalue weighted by molar-refractivity contribution is 8.00. The van der Waals surface area contributed by atoms with Gasteiger partial charge in [0.1, 0.15) is 11.6 Å². The zero-order valence-electron chi connectivity index (χ0n) is 13.8. The minimum Gasteiger partial charge on any atom is -0.323 e. The molecule has 128 valence electrons. The summed E-state index contributed by atoms with van der Waals surface area (Å²) in [5, 5.41) is 11.0. The Morgan fingerprint density at radius 2 is 1.80 bits per heavy atom. The van der Waals surface area contributed by atoms with Crippen molar-refractivity contribution in [2.45, 2.75) is 24.3 Å². The van der Waals surface area contributed by atoms with E-state index in [2.05, 4.69) is 15.5 Å². The summed E-state index contributed by atoms with van der Waals surface area (Å²) in [4.78, 5) is 12.4. The van der Waals surface area contributed by atoms with Crippen LogP contribution in [0.15, 0.2) is 59.8 Å². The van der Waals surface area contributed by atoms with Gasteiger partial charge in [0.15, 0.2) is 5.16 Å². The summed E-state index contributed by atoms with van der Waals surface area (Å²) in [6.45, 7) is 3.61. The number of benzene rings is 2. The van der Waals surface area contributed by atoms with Crippen LogP contribution in [0.4, 0.5) is 10.1 Å². The Morgan fingerprint density at radius 3 is 2.52 bits per heavy atom. The average molecular weight is 356 g/mol. The standard InChI is InChI=1S/C18H17FN4OS/c1-12(17(24)20-16-11-7-6-10-15(16)19)25-18-22-21-13(2)23(18)14-8-4-3-5-9-14/h3-12H,1-2H3,(H,20,24). The molecule has 1 heterocycles. The van der Waals surface area contributed by atoms with Crippen LogP contribution in [0.25, 0.3) is 5.69 Å². The predicted molar refractivity (Wildman–Crippen MR) is 96.4 cm³/mol. The van der Waals surface area contributed by atoms with Crippen LogP contribution in [0.2, 0.25) is 0 Å². The van der Waals surface area contributed by atoms with Gasteiger partial charge in [-0.1, -0.05) is 42.1 Å². The number of carbonyl (C=O) groups excluding carboxylic acids is 1. The Bertz CT molecular complexity index is 882. The number of para-hydroxylation sites is 2. The molecular weight excluding hydrogens is 339 g/mol. The van der Waals surface area contributed by atoms with E-state index < -0.39 is 11.1 Å². The van der Waals surface area contributed by atoms with Gasteiger partial charge in [0, 0.05) is 5.69 Å². The SMILES string of the molecule is Cc1nnc(SC(C)C(=O)Nc2ccccc2F)n1-c1ccccc1. The normalized spacial score (nSPS) is 12.0. The zero-order valence-corrected chi connectivity index (χ0v) is 14.6. The Balaban J connectivity index is 1.77. The van der Waals surface area contributed by atoms with Crippen molar-refractivity contribution in [3.8, 4) is 5.69 Å². The molecule has 0 aliphatic heterocycles. The zero-order chi connectivity index (χ0) is 17.8. The van der Waals surface area contributed by atoms with Crippen molar-refractivity contribution in [2.24, 2.45) is 0 Å². The van der Waals surface area contributed by atoms with E-state index in [-0.39, 0.29) is 11.6 Å². The molecule has 0 bridgehead atoms. The molecule has 25 heavy (non-hydrogen) atoms. The van der Waals surface area contributed by atoms with Gasteiger partial charge in [-0.3, -0.25) is 9.36 Å². The summed E-state index contributed by atoms with van der Waals surface area (Å²) in [6, 6.07) is 15.8. The van der Waals surface area contributed by atoms with Gasteiger partial charge in [-0.25, -0.2) is 4.39 Å². The molecule has 0 radical (unpaired) electrons. The quantitative estimate of drug-likeness (QED) is 0.706. The minimum atomic E-state index is -0.467. The molecule has 1 N–H and O–H groups in total. The first-order valence-electron chi connectivity index (χ1n) is 7.76. The van der Waals surface area contributed by atoms with Gasteiger partial charge in [0.2, 0.25) is 5.91 Å². The second-order valence-electron chi connectivity index (χ2n) is 5.43. The molecule has 1 atom stereocenters. The van der Waals surface area contributed by atoms with E-state index in [0.717, 1.165) is 11.5 Å². The summed E-state index contributed by atoms with van der Waals surface area (Å²) >= 11 is 1.27. The number of aromatic nitrogens is 3. The number of rotatable bonds is 5. The van der Waals surface area contributed by atoms with Gasteiger partial charge in [0.05, 0.1) is 10.9 Å². The first-order valence-corrected chi connectivity index (χ1v) is 8.63. The molecule has 0 saturated heterocycles. The predicted octanol–water partition coefficient (Wildman–Crippen LogP) is 3.83. The van der Waals surface area contributed by atoms with Gasteiger partial charge >= 0.3 is 0 Å². The number of carbonyl (C=O) groups is 1. The number of nitrogens with zero attached hydrogens (tertiary/aromatic N) is 3. The molecule has 1 aromatic heterocycles. The van der Waals surface area contributed by atoms with E-state index in [1.807, 2.05) is 41.8 Å². The van der Waals surface area contributed by atoms with Gasteiger partial charge in [0.25, 0.3) is 0 Å². The van der Waals surface area contributed by atoms with Crippen LogP contribution in [-0.4, -0.2) is 25.9 Å². The monoisotopic (exact) mass is 356 g/mol. The maximum Gasteiger partial charge on any atom is 0.237 e. The number of thioether (sulfide) groups is 1. The topological polar surface area (TPSA) is 59.8 Å². The molecule has 0 fully saturated rings. The smallest absolute Gasteiger partial charge is 0.237 e. The van der Waals surface area contributed by atoms with Gasteiger partial charge in [-0.05, 0) is 38.1 Å². The Morgan fingerprint density at radius 1 is 1.12 bits per heavy atom. The molecule has 3 rings (SSSR count). The van der Waals surface area contributed by atoms with E-state index in [0.29, 0.717) is 5.16 Å². The second kappa shape index (κ2) is 7.48. The van der Waals surface area contributed by atoms with Gasteiger partial charge in [-0.2, -0.15) is 0 Å². The number of hydrogen-bond acceptors (Lipinski definition) is 4. The molecule has 1 amide bonds. The lowest BCUT2D eigenvalue weighted by Gasteiger charge is -2.13. The molecule has 0 aliphatic rings. The van der Waals surface area contributed by atoms with Crippen molar-refractivity contribution in [3.05, 3.63) is 66.2 Å². The minimum absolute atomic E-state index is 0.167. The number of hydrogen-bond donors (Lipinski definition) is 1. The third kappa shape index (κ3) is 3.88. The maximum atomic E-state index is 13.7. The third-order valence-corrected chi connectivity index (χ3v) is 4.64. The van der Waals surface area contributed by atoms with E-state index >= 15 is 0 Å². The molecule has 5 nitrogen and oxygen atoms in total. The largest absolute Gasteiger partial charge is 0.323 e. The summed E-state index contributed by atoms with van der Waals surface area (Å²) in [6.07, 6.45) is 0. The Kier molecular flexibility index (Phi) is 5.14. The fraction of sp³-hybridized carbons (Fsp3) is 0.167. The second-order valence-corrected chi connectivity index (χ2v) is 6.74. The highest BCUT2D eigenvalue weighted by Gasteiger charge is 2.20. The highest BCUT2D eigenvalue weighted by Crippen LogP contribution is 2.26. The highest BCUT2D eigenvalue weighted by atomic mass is 32.2. The lowest BCUT2D eigenvalue weighted by atomic mass is 10.3.